The molecule has 0 atom stereocenters. The van der Waals surface area contributed by atoms with Crippen LogP contribution in [0.15, 0.2) is 0 Å². The van der Waals surface area contributed by atoms with Gasteiger partial charge in [-0.1, -0.05) is 0 Å². The van der Waals surface area contributed by atoms with Crippen molar-refractivity contribution >= 4 is 51.2 Å². The topological polar surface area (TPSA) is 56.1 Å². The van der Waals surface area contributed by atoms with Crippen molar-refractivity contribution in [3.63, 3.8) is 0 Å². The zero-order valence-electron chi connectivity index (χ0n) is 10.1. The summed E-state index contributed by atoms with van der Waals surface area (Å²) in [5.74, 6) is 0.473. The summed E-state index contributed by atoms with van der Waals surface area (Å²) >= 11 is 7.61. The van der Waals surface area contributed by atoms with Gasteiger partial charge in [-0.15, -0.1) is 0 Å². The number of anilines is 1. The van der Waals surface area contributed by atoms with Crippen LogP contribution in [0.1, 0.15) is 6.55 Å². The molecular weight excluding hydrogens is 406 g/mol. The molecule has 20 heavy (non-hydrogen) atoms. The molecule has 6 nitrogen and oxygen atoms in total. The number of aromatic nitrogens is 4. The van der Waals surface area contributed by atoms with E-state index in [1.54, 1.807) is 22.6 Å². The number of imidazole rings is 1. The van der Waals surface area contributed by atoms with Crippen LogP contribution in [-0.4, -0.2) is 45.8 Å². The van der Waals surface area contributed by atoms with Gasteiger partial charge < -0.3 is 9.64 Å². The second-order valence-electron chi connectivity index (χ2n) is 4.12. The molecular formula is C10H9ClF2IN5O. The lowest BCUT2D eigenvalue weighted by Gasteiger charge is -2.27. The van der Waals surface area contributed by atoms with E-state index in [0.29, 0.717) is 37.6 Å². The molecule has 0 amide bonds. The Hall–Kier alpha value is -0.810. The van der Waals surface area contributed by atoms with Crippen molar-refractivity contribution in [2.75, 3.05) is 31.2 Å². The van der Waals surface area contributed by atoms with E-state index in [4.69, 9.17) is 16.3 Å². The average molecular weight is 416 g/mol. The van der Waals surface area contributed by atoms with Gasteiger partial charge in [0.2, 0.25) is 5.28 Å². The molecule has 0 spiro atoms. The second-order valence-corrected chi connectivity index (χ2v) is 5.42. The molecule has 1 aliphatic rings. The zero-order chi connectivity index (χ0) is 14.3. The number of hydrogen-bond donors (Lipinski definition) is 0. The molecule has 0 N–H and O–H groups in total. The van der Waals surface area contributed by atoms with Gasteiger partial charge in [0.25, 0.3) is 0 Å². The standard InChI is InChI=1S/C10H9ClF2IN5O/c11-8-16-6(18-1-3-20-4-2-18)5-7(17-8)19(9(12)13)10(14)15-5/h9H,1-4H2. The van der Waals surface area contributed by atoms with Crippen LogP contribution in [-0.2, 0) is 4.74 Å². The number of ether oxygens (including phenoxy) is 1. The molecule has 108 valence electrons. The third kappa shape index (κ3) is 2.42. The van der Waals surface area contributed by atoms with Gasteiger partial charge >= 0.3 is 6.55 Å². The molecule has 3 rings (SSSR count). The SMILES string of the molecule is FC(F)n1c(I)nc2c(N3CCOCC3)nc(Cl)nc21. The van der Waals surface area contributed by atoms with Crippen LogP contribution in [0.5, 0.6) is 0 Å². The number of alkyl halides is 2. The van der Waals surface area contributed by atoms with Crippen molar-refractivity contribution in [1.29, 1.82) is 0 Å². The van der Waals surface area contributed by atoms with Gasteiger partial charge in [-0.3, -0.25) is 0 Å². The Kier molecular flexibility index (Phi) is 3.91. The fourth-order valence-electron chi connectivity index (χ4n) is 2.08. The van der Waals surface area contributed by atoms with E-state index >= 15 is 0 Å². The van der Waals surface area contributed by atoms with Crippen molar-refractivity contribution in [2.24, 2.45) is 0 Å². The van der Waals surface area contributed by atoms with Crippen LogP contribution < -0.4 is 4.90 Å². The highest BCUT2D eigenvalue weighted by molar-refractivity contribution is 14.1. The van der Waals surface area contributed by atoms with Crippen molar-refractivity contribution in [3.8, 4) is 0 Å². The minimum atomic E-state index is -2.73. The average Bonchev–Trinajstić information content (AvgIpc) is 2.74. The summed E-state index contributed by atoms with van der Waals surface area (Å²) in [5, 5.41) is -0.0720. The van der Waals surface area contributed by atoms with Crippen LogP contribution in [0.2, 0.25) is 5.28 Å². The van der Waals surface area contributed by atoms with Crippen LogP contribution in [0.4, 0.5) is 14.6 Å². The molecule has 0 aromatic carbocycles. The number of rotatable bonds is 2. The summed E-state index contributed by atoms with van der Waals surface area (Å²) in [6.07, 6.45) is 0. The summed E-state index contributed by atoms with van der Waals surface area (Å²) in [6, 6.07) is 0. The van der Waals surface area contributed by atoms with Gasteiger partial charge in [0, 0.05) is 35.7 Å². The highest BCUT2D eigenvalue weighted by Crippen LogP contribution is 2.30. The quantitative estimate of drug-likeness (QED) is 0.428. The minimum absolute atomic E-state index is 0.0471. The van der Waals surface area contributed by atoms with E-state index in [-0.39, 0.29) is 14.8 Å². The first-order valence-corrected chi connectivity index (χ1v) is 7.25. The normalized spacial score (nSPS) is 16.4. The predicted molar refractivity (Wildman–Crippen MR) is 77.3 cm³/mol. The lowest BCUT2D eigenvalue weighted by atomic mass is 10.4. The van der Waals surface area contributed by atoms with Crippen molar-refractivity contribution in [1.82, 2.24) is 19.5 Å². The second kappa shape index (κ2) is 5.53. The molecule has 0 aliphatic carbocycles. The number of halogens is 4. The lowest BCUT2D eigenvalue weighted by Crippen LogP contribution is -2.37. The van der Waals surface area contributed by atoms with Crippen molar-refractivity contribution < 1.29 is 13.5 Å². The van der Waals surface area contributed by atoms with Gasteiger partial charge in [-0.05, 0) is 11.6 Å². The third-order valence-corrected chi connectivity index (χ3v) is 3.89. The fourth-order valence-corrected chi connectivity index (χ4v) is 2.92. The molecule has 0 unspecified atom stereocenters. The van der Waals surface area contributed by atoms with E-state index in [1.807, 2.05) is 4.90 Å². The summed E-state index contributed by atoms with van der Waals surface area (Å²) in [6.45, 7) is -0.400. The maximum absolute atomic E-state index is 13.1. The first kappa shape index (κ1) is 14.1. The Morgan fingerprint density at radius 3 is 2.55 bits per heavy atom. The Balaban J connectivity index is 2.19. The summed E-state index contributed by atoms with van der Waals surface area (Å²) < 4.78 is 32.3. The Morgan fingerprint density at radius 2 is 1.90 bits per heavy atom. The lowest BCUT2D eigenvalue weighted by molar-refractivity contribution is 0.0712. The van der Waals surface area contributed by atoms with Gasteiger partial charge in [0.1, 0.15) is 0 Å². The first-order valence-electron chi connectivity index (χ1n) is 5.79. The molecule has 2 aromatic heterocycles. The summed E-state index contributed by atoms with van der Waals surface area (Å²) in [4.78, 5) is 14.1. The molecule has 1 fully saturated rings. The van der Waals surface area contributed by atoms with Crippen LogP contribution >= 0.6 is 34.2 Å². The molecule has 0 radical (unpaired) electrons. The predicted octanol–water partition coefficient (Wildman–Crippen LogP) is 2.32. The maximum Gasteiger partial charge on any atom is 0.322 e. The molecule has 3 heterocycles. The van der Waals surface area contributed by atoms with E-state index in [0.717, 1.165) is 4.57 Å². The molecule has 1 saturated heterocycles. The van der Waals surface area contributed by atoms with Gasteiger partial charge in [0.05, 0.1) is 13.2 Å². The van der Waals surface area contributed by atoms with E-state index in [1.165, 1.54) is 0 Å². The molecule has 0 bridgehead atoms. The van der Waals surface area contributed by atoms with Crippen LogP contribution in [0.3, 0.4) is 0 Å². The first-order chi connectivity index (χ1) is 9.58. The fraction of sp³-hybridized carbons (Fsp3) is 0.500. The van der Waals surface area contributed by atoms with Crippen molar-refractivity contribution in [3.05, 3.63) is 9.11 Å². The Bertz CT molecular complexity index is 646. The van der Waals surface area contributed by atoms with Crippen LogP contribution in [0.25, 0.3) is 11.2 Å². The third-order valence-electron chi connectivity index (χ3n) is 2.96. The molecule has 2 aromatic rings. The van der Waals surface area contributed by atoms with E-state index < -0.39 is 6.55 Å². The number of fused-ring (bicyclic) bond motifs is 1. The number of morpholine rings is 1. The van der Waals surface area contributed by atoms with Gasteiger partial charge in [-0.25, -0.2) is 9.55 Å². The minimum Gasteiger partial charge on any atom is -0.378 e. The van der Waals surface area contributed by atoms with Gasteiger partial charge in [-0.2, -0.15) is 18.7 Å². The Labute approximate surface area is 131 Å². The highest BCUT2D eigenvalue weighted by atomic mass is 127. The van der Waals surface area contributed by atoms with Gasteiger partial charge in [0.15, 0.2) is 20.8 Å². The number of nitrogens with zero attached hydrogens (tertiary/aromatic N) is 5. The smallest absolute Gasteiger partial charge is 0.322 e. The van der Waals surface area contributed by atoms with Crippen molar-refractivity contribution in [2.45, 2.75) is 6.55 Å². The summed E-state index contributed by atoms with van der Waals surface area (Å²) in [7, 11) is 0. The Morgan fingerprint density at radius 1 is 1.20 bits per heavy atom. The van der Waals surface area contributed by atoms with Crippen LogP contribution in [0, 0.1) is 3.83 Å². The molecule has 10 heteroatoms. The maximum atomic E-state index is 13.1. The van der Waals surface area contributed by atoms with E-state index in [2.05, 4.69) is 15.0 Å². The molecule has 1 aliphatic heterocycles. The zero-order valence-corrected chi connectivity index (χ0v) is 13.0. The van der Waals surface area contributed by atoms with E-state index in [9.17, 15) is 8.78 Å². The monoisotopic (exact) mass is 415 g/mol. The molecule has 0 saturated carbocycles. The number of hydrogen-bond acceptors (Lipinski definition) is 5. The largest absolute Gasteiger partial charge is 0.378 e. The summed E-state index contributed by atoms with van der Waals surface area (Å²) in [5.41, 5.74) is 0.381. The highest BCUT2D eigenvalue weighted by Gasteiger charge is 2.24.